The highest BCUT2D eigenvalue weighted by Gasteiger charge is 2.22. The molecule has 0 spiro atoms. The van der Waals surface area contributed by atoms with E-state index in [2.05, 4.69) is 15.5 Å². The van der Waals surface area contributed by atoms with Gasteiger partial charge in [-0.2, -0.15) is 10.2 Å². The van der Waals surface area contributed by atoms with E-state index in [1.165, 1.54) is 10.7 Å². The zero-order valence-corrected chi connectivity index (χ0v) is 16.5. The minimum Gasteiger partial charge on any atom is -0.307 e. The summed E-state index contributed by atoms with van der Waals surface area (Å²) in [5, 5.41) is 11.8. The van der Waals surface area contributed by atoms with Crippen LogP contribution >= 0.6 is 23.2 Å². The first-order valence-corrected chi connectivity index (χ1v) is 9.13. The zero-order chi connectivity index (χ0) is 20.4. The Bertz CT molecular complexity index is 982. The van der Waals surface area contributed by atoms with Crippen molar-refractivity contribution < 1.29 is 13.6 Å². The van der Waals surface area contributed by atoms with Crippen LogP contribution in [0.3, 0.4) is 0 Å². The first-order valence-electron chi connectivity index (χ1n) is 8.37. The lowest BCUT2D eigenvalue weighted by molar-refractivity contribution is -0.119. The van der Waals surface area contributed by atoms with Crippen molar-refractivity contribution in [2.24, 2.45) is 0 Å². The number of aryl methyl sites for hydroxylation is 1. The third-order valence-electron chi connectivity index (χ3n) is 4.18. The quantitative estimate of drug-likeness (QED) is 0.609. The Hall–Kier alpha value is -2.45. The fourth-order valence-electron chi connectivity index (χ4n) is 2.71. The van der Waals surface area contributed by atoms with Crippen molar-refractivity contribution in [1.29, 1.82) is 0 Å². The minimum atomic E-state index is -2.69. The summed E-state index contributed by atoms with van der Waals surface area (Å²) < 4.78 is 28.5. The van der Waals surface area contributed by atoms with Gasteiger partial charge in [-0.05, 0) is 32.0 Å². The number of rotatable bonds is 6. The van der Waals surface area contributed by atoms with Gasteiger partial charge in [0.15, 0.2) is 5.82 Å². The predicted molar refractivity (Wildman–Crippen MR) is 103 cm³/mol. The van der Waals surface area contributed by atoms with E-state index in [4.69, 9.17) is 23.2 Å². The van der Waals surface area contributed by atoms with Crippen LogP contribution in [0.25, 0.3) is 0 Å². The summed E-state index contributed by atoms with van der Waals surface area (Å²) in [5.74, 6) is -0.105. The maximum atomic E-state index is 12.8. The van der Waals surface area contributed by atoms with E-state index in [9.17, 15) is 13.6 Å². The van der Waals surface area contributed by atoms with E-state index in [-0.39, 0.29) is 5.69 Å². The largest absolute Gasteiger partial charge is 0.307 e. The van der Waals surface area contributed by atoms with Crippen molar-refractivity contribution in [3.63, 3.8) is 0 Å². The summed E-state index contributed by atoms with van der Waals surface area (Å²) in [6.45, 7) is 3.52. The number of benzene rings is 1. The maximum absolute atomic E-state index is 12.8. The molecule has 1 aromatic carbocycles. The lowest BCUT2D eigenvalue weighted by Crippen LogP contribution is -2.25. The molecule has 3 aromatic rings. The van der Waals surface area contributed by atoms with Gasteiger partial charge in [0.25, 0.3) is 6.43 Å². The zero-order valence-electron chi connectivity index (χ0n) is 15.0. The molecule has 0 aliphatic heterocycles. The summed E-state index contributed by atoms with van der Waals surface area (Å²) in [6, 6.07) is 7.32. The number of hydrogen-bond acceptors (Lipinski definition) is 3. The lowest BCUT2D eigenvalue weighted by atomic mass is 10.2. The number of carbonyl (C=O) groups is 1. The van der Waals surface area contributed by atoms with Crippen LogP contribution in [0.4, 0.5) is 14.6 Å². The molecule has 0 aliphatic rings. The molecule has 0 saturated carbocycles. The molecule has 2 heterocycles. The minimum absolute atomic E-state index is 0.318. The van der Waals surface area contributed by atoms with E-state index in [0.717, 1.165) is 0 Å². The van der Waals surface area contributed by atoms with Crippen molar-refractivity contribution >= 4 is 34.9 Å². The molecule has 1 N–H and O–H groups in total. The number of hydrogen-bond donors (Lipinski definition) is 1. The molecule has 0 radical (unpaired) electrons. The molecule has 6 nitrogen and oxygen atoms in total. The summed E-state index contributed by atoms with van der Waals surface area (Å²) >= 11 is 12.3. The van der Waals surface area contributed by atoms with Gasteiger partial charge < -0.3 is 5.32 Å². The van der Waals surface area contributed by atoms with Gasteiger partial charge in [0, 0.05) is 33.6 Å². The normalized spacial score (nSPS) is 12.4. The summed E-state index contributed by atoms with van der Waals surface area (Å²) in [7, 11) is 0. The lowest BCUT2D eigenvalue weighted by Gasteiger charge is -2.13. The van der Waals surface area contributed by atoms with Gasteiger partial charge in [0.05, 0.1) is 6.54 Å². The molecule has 148 valence electrons. The molecule has 0 aliphatic carbocycles. The van der Waals surface area contributed by atoms with Crippen molar-refractivity contribution in [2.75, 3.05) is 5.32 Å². The molecule has 0 fully saturated rings. The highest BCUT2D eigenvalue weighted by molar-refractivity contribution is 6.35. The van der Waals surface area contributed by atoms with Crippen molar-refractivity contribution in [3.05, 3.63) is 63.5 Å². The highest BCUT2D eigenvalue weighted by Crippen LogP contribution is 2.25. The Balaban J connectivity index is 1.70. The van der Waals surface area contributed by atoms with Crippen LogP contribution in [0.15, 0.2) is 36.5 Å². The van der Waals surface area contributed by atoms with Crippen LogP contribution < -0.4 is 5.32 Å². The average molecular weight is 428 g/mol. The number of alkyl halides is 2. The molecular formula is C18H17Cl2F2N5O. The van der Waals surface area contributed by atoms with E-state index in [0.29, 0.717) is 33.7 Å². The van der Waals surface area contributed by atoms with Crippen molar-refractivity contribution in [1.82, 2.24) is 19.6 Å². The van der Waals surface area contributed by atoms with Gasteiger partial charge in [-0.25, -0.2) is 8.78 Å². The van der Waals surface area contributed by atoms with Gasteiger partial charge in [0.1, 0.15) is 11.7 Å². The molecular weight excluding hydrogens is 411 g/mol. The number of aromatic nitrogens is 4. The summed E-state index contributed by atoms with van der Waals surface area (Å²) in [6.07, 6.45) is -1.02. The third-order valence-corrected chi connectivity index (χ3v) is 4.89. The van der Waals surface area contributed by atoms with E-state index in [1.54, 1.807) is 49.0 Å². The summed E-state index contributed by atoms with van der Waals surface area (Å²) in [4.78, 5) is 12.5. The topological polar surface area (TPSA) is 64.7 Å². The Labute approximate surface area is 170 Å². The van der Waals surface area contributed by atoms with Gasteiger partial charge in [-0.15, -0.1) is 0 Å². The second-order valence-corrected chi connectivity index (χ2v) is 7.03. The van der Waals surface area contributed by atoms with Crippen LogP contribution in [0.2, 0.25) is 10.0 Å². The van der Waals surface area contributed by atoms with Crippen LogP contribution in [-0.4, -0.2) is 25.5 Å². The molecule has 0 saturated heterocycles. The molecule has 1 amide bonds. The molecule has 3 rings (SSSR count). The second-order valence-electron chi connectivity index (χ2n) is 6.22. The summed E-state index contributed by atoms with van der Waals surface area (Å²) in [5.41, 5.74) is 0.821. The first kappa shape index (κ1) is 20.3. The Morgan fingerprint density at radius 1 is 1.21 bits per heavy atom. The predicted octanol–water partition coefficient (Wildman–Crippen LogP) is 4.88. The Kier molecular flexibility index (Phi) is 6.00. The SMILES string of the molecule is Cc1cc(C(F)F)nn1C(C)C(=O)Nc1ccn(Cc2c(Cl)cccc2Cl)n1. The second kappa shape index (κ2) is 8.28. The van der Waals surface area contributed by atoms with Gasteiger partial charge in [-0.3, -0.25) is 14.2 Å². The van der Waals surface area contributed by atoms with E-state index >= 15 is 0 Å². The van der Waals surface area contributed by atoms with Crippen LogP contribution in [0.1, 0.15) is 36.3 Å². The van der Waals surface area contributed by atoms with Crippen LogP contribution in [0, 0.1) is 6.92 Å². The Morgan fingerprint density at radius 3 is 2.50 bits per heavy atom. The first-order chi connectivity index (χ1) is 13.3. The molecule has 1 unspecified atom stereocenters. The van der Waals surface area contributed by atoms with Gasteiger partial charge >= 0.3 is 0 Å². The number of anilines is 1. The smallest absolute Gasteiger partial charge is 0.282 e. The molecule has 1 atom stereocenters. The highest BCUT2D eigenvalue weighted by atomic mass is 35.5. The van der Waals surface area contributed by atoms with Gasteiger partial charge in [0.2, 0.25) is 5.91 Å². The number of amides is 1. The standard InChI is InChI=1S/C18H17Cl2F2N5O/c1-10-8-15(17(21)22)24-27(10)11(2)18(28)23-16-6-7-26(25-16)9-12-13(19)4-3-5-14(12)20/h3-8,11,17H,9H2,1-2H3,(H,23,25,28). The van der Waals surface area contributed by atoms with Crippen molar-refractivity contribution in [2.45, 2.75) is 32.9 Å². The van der Waals surface area contributed by atoms with Crippen molar-refractivity contribution in [3.8, 4) is 0 Å². The molecule has 28 heavy (non-hydrogen) atoms. The fraction of sp³-hybridized carbons (Fsp3) is 0.278. The third kappa shape index (κ3) is 4.34. The number of carbonyl (C=O) groups excluding carboxylic acids is 1. The number of nitrogens with one attached hydrogen (secondary N) is 1. The van der Waals surface area contributed by atoms with Gasteiger partial charge in [-0.1, -0.05) is 29.3 Å². The molecule has 2 aromatic heterocycles. The maximum Gasteiger partial charge on any atom is 0.282 e. The molecule has 0 bridgehead atoms. The van der Waals surface area contributed by atoms with Crippen LogP contribution in [0.5, 0.6) is 0 Å². The Morgan fingerprint density at radius 2 is 1.89 bits per heavy atom. The average Bonchev–Trinajstić information content (AvgIpc) is 3.24. The fourth-order valence-corrected chi connectivity index (χ4v) is 3.23. The number of nitrogens with zero attached hydrogens (tertiary/aromatic N) is 4. The number of halogens is 4. The monoisotopic (exact) mass is 427 g/mol. The van der Waals surface area contributed by atoms with Crippen LogP contribution in [-0.2, 0) is 11.3 Å². The van der Waals surface area contributed by atoms with E-state index < -0.39 is 18.4 Å². The molecule has 10 heteroatoms. The van der Waals surface area contributed by atoms with E-state index in [1.807, 2.05) is 0 Å².